The summed E-state index contributed by atoms with van der Waals surface area (Å²) in [6.07, 6.45) is 1.64. The van der Waals surface area contributed by atoms with E-state index in [0.717, 1.165) is 39.6 Å². The summed E-state index contributed by atoms with van der Waals surface area (Å²) in [6.45, 7) is 2.83. The highest BCUT2D eigenvalue weighted by Gasteiger charge is 2.16. The maximum absolute atomic E-state index is 5.46. The molecule has 0 atom stereocenters. The third kappa shape index (κ3) is 4.01. The number of ether oxygens (including phenoxy) is 2. The lowest BCUT2D eigenvalue weighted by Gasteiger charge is -2.08. The summed E-state index contributed by atoms with van der Waals surface area (Å²) in [5.41, 5.74) is 2.00. The lowest BCUT2D eigenvalue weighted by Crippen LogP contribution is -1.99. The van der Waals surface area contributed by atoms with E-state index in [-0.39, 0.29) is 0 Å². The second kappa shape index (κ2) is 8.71. The molecule has 0 radical (unpaired) electrons. The van der Waals surface area contributed by atoms with Gasteiger partial charge in [-0.1, -0.05) is 11.8 Å². The monoisotopic (exact) mass is 428 g/mol. The summed E-state index contributed by atoms with van der Waals surface area (Å²) in [4.78, 5) is 4.76. The second-order valence-electron chi connectivity index (χ2n) is 6.03. The Morgan fingerprint density at radius 2 is 2.00 bits per heavy atom. The number of hydrogen-bond donors (Lipinski definition) is 0. The number of benzene rings is 1. The zero-order valence-corrected chi connectivity index (χ0v) is 17.9. The first-order valence-corrected chi connectivity index (χ1v) is 10.9. The van der Waals surface area contributed by atoms with E-state index in [1.54, 1.807) is 43.6 Å². The number of hydrogen-bond acceptors (Lipinski definition) is 8. The Bertz CT molecular complexity index is 1090. The van der Waals surface area contributed by atoms with Gasteiger partial charge in [0.25, 0.3) is 0 Å². The number of nitrogens with zero attached hydrogens (tertiary/aromatic N) is 4. The summed E-state index contributed by atoms with van der Waals surface area (Å²) in [6, 6.07) is 9.56. The Morgan fingerprint density at radius 1 is 1.14 bits per heavy atom. The smallest absolute Gasteiger partial charge is 0.200 e. The van der Waals surface area contributed by atoms with Crippen LogP contribution in [0.2, 0.25) is 0 Å². The zero-order chi connectivity index (χ0) is 20.2. The molecule has 0 spiro atoms. The fraction of sp³-hybridized carbons (Fsp3) is 0.250. The van der Waals surface area contributed by atoms with Crippen molar-refractivity contribution in [3.8, 4) is 33.7 Å². The highest BCUT2D eigenvalue weighted by atomic mass is 32.2. The maximum Gasteiger partial charge on any atom is 0.200 e. The van der Waals surface area contributed by atoms with E-state index < -0.39 is 0 Å². The van der Waals surface area contributed by atoms with E-state index in [0.29, 0.717) is 17.3 Å². The average molecular weight is 429 g/mol. The van der Waals surface area contributed by atoms with Gasteiger partial charge in [-0.2, -0.15) is 0 Å². The summed E-state index contributed by atoms with van der Waals surface area (Å²) < 4.78 is 18.2. The van der Waals surface area contributed by atoms with Crippen molar-refractivity contribution in [3.05, 3.63) is 47.7 Å². The molecule has 0 bridgehead atoms. The summed E-state index contributed by atoms with van der Waals surface area (Å²) >= 11 is 3.22. The van der Waals surface area contributed by atoms with E-state index in [9.17, 15) is 0 Å². The Kier molecular flexibility index (Phi) is 5.86. The number of aromatic nitrogens is 4. The Hall–Kier alpha value is -2.78. The largest absolute Gasteiger partial charge is 0.493 e. The van der Waals surface area contributed by atoms with Crippen LogP contribution in [0.4, 0.5) is 0 Å². The van der Waals surface area contributed by atoms with Crippen LogP contribution in [-0.4, -0.2) is 34.0 Å². The van der Waals surface area contributed by atoms with Crippen molar-refractivity contribution < 1.29 is 13.9 Å². The molecule has 9 heteroatoms. The minimum atomic E-state index is 0.692. The molecule has 3 heterocycles. The van der Waals surface area contributed by atoms with Crippen LogP contribution in [0, 0.1) is 0 Å². The van der Waals surface area contributed by atoms with Crippen molar-refractivity contribution in [2.45, 2.75) is 24.4 Å². The van der Waals surface area contributed by atoms with Gasteiger partial charge in [0, 0.05) is 23.2 Å². The van der Waals surface area contributed by atoms with Crippen molar-refractivity contribution >= 4 is 23.1 Å². The highest BCUT2D eigenvalue weighted by molar-refractivity contribution is 7.98. The Labute approximate surface area is 176 Å². The molecule has 150 valence electrons. The van der Waals surface area contributed by atoms with Gasteiger partial charge in [0.2, 0.25) is 0 Å². The third-order valence-corrected chi connectivity index (χ3v) is 6.25. The summed E-state index contributed by atoms with van der Waals surface area (Å²) in [5.74, 6) is 3.56. The van der Waals surface area contributed by atoms with Crippen LogP contribution in [0.1, 0.15) is 12.6 Å². The van der Waals surface area contributed by atoms with E-state index in [2.05, 4.69) is 22.5 Å². The fourth-order valence-corrected chi connectivity index (χ4v) is 4.70. The van der Waals surface area contributed by atoms with Crippen LogP contribution in [-0.2, 0) is 12.3 Å². The average Bonchev–Trinajstić information content (AvgIpc) is 3.51. The molecule has 4 aromatic rings. The van der Waals surface area contributed by atoms with Gasteiger partial charge in [0.15, 0.2) is 28.2 Å². The molecule has 0 amide bonds. The first-order valence-electron chi connectivity index (χ1n) is 9.00. The third-order valence-electron chi connectivity index (χ3n) is 4.31. The van der Waals surface area contributed by atoms with Crippen molar-refractivity contribution in [1.29, 1.82) is 0 Å². The van der Waals surface area contributed by atoms with Gasteiger partial charge in [-0.25, -0.2) is 4.98 Å². The zero-order valence-electron chi connectivity index (χ0n) is 16.3. The van der Waals surface area contributed by atoms with Gasteiger partial charge < -0.3 is 13.9 Å². The molecule has 0 aliphatic heterocycles. The highest BCUT2D eigenvalue weighted by Crippen LogP contribution is 2.34. The molecule has 3 aromatic heterocycles. The number of thioether (sulfide) groups is 1. The van der Waals surface area contributed by atoms with Gasteiger partial charge in [-0.05, 0) is 37.3 Å². The number of rotatable bonds is 8. The summed E-state index contributed by atoms with van der Waals surface area (Å²) in [5, 5.41) is 12.5. The number of methoxy groups -OCH3 is 2. The fourth-order valence-electron chi connectivity index (χ4n) is 2.88. The van der Waals surface area contributed by atoms with Crippen LogP contribution in [0.3, 0.4) is 0 Å². The van der Waals surface area contributed by atoms with Gasteiger partial charge in [0.1, 0.15) is 5.01 Å². The molecule has 0 saturated heterocycles. The van der Waals surface area contributed by atoms with E-state index in [1.807, 2.05) is 34.9 Å². The molecule has 0 saturated carbocycles. The summed E-state index contributed by atoms with van der Waals surface area (Å²) in [7, 11) is 3.26. The normalized spacial score (nSPS) is 11.0. The van der Waals surface area contributed by atoms with Crippen LogP contribution in [0.5, 0.6) is 11.5 Å². The van der Waals surface area contributed by atoms with Crippen LogP contribution in [0.15, 0.2) is 51.5 Å². The minimum absolute atomic E-state index is 0.692. The standard InChI is InChI=1S/C20H20N4O3S2/c1-4-24-18(16-6-5-9-27-16)22-23-20(24)29-12-14-11-28-19(21-14)13-7-8-15(25-2)17(10-13)26-3/h5-11H,4,12H2,1-3H3. The van der Waals surface area contributed by atoms with Crippen LogP contribution in [0.25, 0.3) is 22.2 Å². The lowest BCUT2D eigenvalue weighted by molar-refractivity contribution is 0.355. The molecule has 0 unspecified atom stereocenters. The Morgan fingerprint density at radius 3 is 2.72 bits per heavy atom. The van der Waals surface area contributed by atoms with E-state index >= 15 is 0 Å². The maximum atomic E-state index is 5.46. The van der Waals surface area contributed by atoms with Crippen LogP contribution < -0.4 is 9.47 Å². The molecule has 29 heavy (non-hydrogen) atoms. The number of furan rings is 1. The Balaban J connectivity index is 1.49. The predicted octanol–water partition coefficient (Wildman–Crippen LogP) is 4.99. The molecular weight excluding hydrogens is 408 g/mol. The number of thiazole rings is 1. The van der Waals surface area contributed by atoms with Gasteiger partial charge in [-0.15, -0.1) is 21.5 Å². The SMILES string of the molecule is CCn1c(SCc2csc(-c3ccc(OC)c(OC)c3)n2)nnc1-c1ccco1. The minimum Gasteiger partial charge on any atom is -0.493 e. The quantitative estimate of drug-likeness (QED) is 0.366. The molecule has 1 aromatic carbocycles. The molecule has 0 aliphatic rings. The van der Waals surface area contributed by atoms with E-state index in [1.165, 1.54) is 0 Å². The molecule has 7 nitrogen and oxygen atoms in total. The van der Waals surface area contributed by atoms with E-state index in [4.69, 9.17) is 18.9 Å². The first-order chi connectivity index (χ1) is 14.2. The second-order valence-corrected chi connectivity index (χ2v) is 7.83. The molecule has 0 N–H and O–H groups in total. The molecule has 0 aliphatic carbocycles. The van der Waals surface area contributed by atoms with Crippen molar-refractivity contribution in [2.75, 3.05) is 14.2 Å². The molecule has 0 fully saturated rings. The molecule has 4 rings (SSSR count). The topological polar surface area (TPSA) is 75.2 Å². The van der Waals surface area contributed by atoms with Crippen molar-refractivity contribution in [2.24, 2.45) is 0 Å². The van der Waals surface area contributed by atoms with Crippen LogP contribution >= 0.6 is 23.1 Å². The lowest BCUT2D eigenvalue weighted by atomic mass is 10.2. The van der Waals surface area contributed by atoms with Crippen molar-refractivity contribution in [1.82, 2.24) is 19.7 Å². The van der Waals surface area contributed by atoms with Gasteiger partial charge >= 0.3 is 0 Å². The van der Waals surface area contributed by atoms with Gasteiger partial charge in [0.05, 0.1) is 26.2 Å². The first kappa shape index (κ1) is 19.5. The predicted molar refractivity (Wildman–Crippen MR) is 114 cm³/mol. The molecular formula is C20H20N4O3S2. The van der Waals surface area contributed by atoms with Crippen molar-refractivity contribution in [3.63, 3.8) is 0 Å². The van der Waals surface area contributed by atoms with Gasteiger partial charge in [-0.3, -0.25) is 4.57 Å².